The predicted molar refractivity (Wildman–Crippen MR) is 204 cm³/mol. The lowest BCUT2D eigenvalue weighted by Crippen LogP contribution is -2.14. The maximum atomic E-state index is 6.52. The van der Waals surface area contributed by atoms with Crippen LogP contribution in [0, 0.1) is 0 Å². The van der Waals surface area contributed by atoms with Gasteiger partial charge in [0.25, 0.3) is 0 Å². The summed E-state index contributed by atoms with van der Waals surface area (Å²) in [5, 5.41) is 9.32. The summed E-state index contributed by atoms with van der Waals surface area (Å²) in [5.74, 6) is 0. The van der Waals surface area contributed by atoms with E-state index in [1.165, 1.54) is 66.1 Å². The molecule has 0 saturated heterocycles. The minimum atomic E-state index is -0.0233. The van der Waals surface area contributed by atoms with Gasteiger partial charge in [0.2, 0.25) is 0 Å². The van der Waals surface area contributed by atoms with Crippen molar-refractivity contribution in [3.8, 4) is 33.4 Å². The second-order valence-electron chi connectivity index (χ2n) is 14.0. The van der Waals surface area contributed by atoms with Crippen LogP contribution < -0.4 is 0 Å². The molecule has 0 N–H and O–H groups in total. The Bertz CT molecular complexity index is 2970. The molecular weight excluding hydrogens is 597 g/mol. The topological polar surface area (TPSA) is 26.3 Å². The van der Waals surface area contributed by atoms with Crippen molar-refractivity contribution in [2.45, 2.75) is 19.3 Å². The number of rotatable bonds is 2. The molecule has 2 nitrogen and oxygen atoms in total. The molecular formula is C47H30O2. The monoisotopic (exact) mass is 626 g/mol. The molecule has 0 fully saturated rings. The van der Waals surface area contributed by atoms with E-state index in [9.17, 15) is 0 Å². The third-order valence-corrected chi connectivity index (χ3v) is 11.1. The fourth-order valence-electron chi connectivity index (χ4n) is 8.80. The molecule has 2 aromatic heterocycles. The normalized spacial score (nSPS) is 13.7. The van der Waals surface area contributed by atoms with Gasteiger partial charge in [-0.1, -0.05) is 123 Å². The Kier molecular flexibility index (Phi) is 5.21. The lowest BCUT2D eigenvalue weighted by molar-refractivity contribution is 0.633. The summed E-state index contributed by atoms with van der Waals surface area (Å²) in [6, 6.07) is 53.0. The SMILES string of the molecule is CC1(C)c2ccccc2-c2cc(-c3c4ccccc4c(-c4ccc5oc6c(ccc7c8ccccc8oc76)c5c4)c4ccccc34)ccc21. The Labute approximate surface area is 282 Å². The molecule has 0 atom stereocenters. The molecule has 0 aliphatic heterocycles. The number of hydrogen-bond donors (Lipinski definition) is 0. The van der Waals surface area contributed by atoms with E-state index in [0.29, 0.717) is 0 Å². The molecule has 0 unspecified atom stereocenters. The second kappa shape index (κ2) is 9.49. The van der Waals surface area contributed by atoms with E-state index < -0.39 is 0 Å². The first kappa shape index (κ1) is 26.9. The zero-order valence-electron chi connectivity index (χ0n) is 27.2. The molecule has 0 bridgehead atoms. The third kappa shape index (κ3) is 3.55. The molecule has 49 heavy (non-hydrogen) atoms. The van der Waals surface area contributed by atoms with E-state index >= 15 is 0 Å². The van der Waals surface area contributed by atoms with Gasteiger partial charge in [-0.3, -0.25) is 0 Å². The fraction of sp³-hybridized carbons (Fsp3) is 0.0638. The van der Waals surface area contributed by atoms with Crippen LogP contribution >= 0.6 is 0 Å². The number of fused-ring (bicyclic) bond motifs is 12. The van der Waals surface area contributed by atoms with Crippen molar-refractivity contribution in [2.75, 3.05) is 0 Å². The fourth-order valence-corrected chi connectivity index (χ4v) is 8.80. The van der Waals surface area contributed by atoms with Gasteiger partial charge >= 0.3 is 0 Å². The Morgan fingerprint density at radius 2 is 0.857 bits per heavy atom. The molecule has 8 aromatic carbocycles. The van der Waals surface area contributed by atoms with Gasteiger partial charge in [-0.25, -0.2) is 0 Å². The molecule has 0 radical (unpaired) electrons. The Morgan fingerprint density at radius 3 is 1.53 bits per heavy atom. The molecule has 0 amide bonds. The van der Waals surface area contributed by atoms with Crippen LogP contribution in [0.15, 0.2) is 154 Å². The summed E-state index contributed by atoms with van der Waals surface area (Å²) in [5.41, 5.74) is 13.7. The summed E-state index contributed by atoms with van der Waals surface area (Å²) in [7, 11) is 0. The van der Waals surface area contributed by atoms with Crippen molar-refractivity contribution >= 4 is 65.4 Å². The zero-order valence-corrected chi connectivity index (χ0v) is 27.2. The van der Waals surface area contributed by atoms with Crippen molar-refractivity contribution in [1.82, 2.24) is 0 Å². The summed E-state index contributed by atoms with van der Waals surface area (Å²) >= 11 is 0. The molecule has 2 heterocycles. The van der Waals surface area contributed by atoms with Gasteiger partial charge in [0, 0.05) is 27.0 Å². The van der Waals surface area contributed by atoms with Crippen molar-refractivity contribution in [3.63, 3.8) is 0 Å². The average molecular weight is 627 g/mol. The highest BCUT2D eigenvalue weighted by Crippen LogP contribution is 2.51. The highest BCUT2D eigenvalue weighted by atomic mass is 16.4. The molecule has 2 heteroatoms. The first-order valence-electron chi connectivity index (χ1n) is 17.0. The average Bonchev–Trinajstić information content (AvgIpc) is 3.78. The summed E-state index contributed by atoms with van der Waals surface area (Å²) in [6.07, 6.45) is 0. The quantitative estimate of drug-likeness (QED) is 0.178. The standard InChI is InChI=1S/C47H30O2/c1-47(2)39-17-9-7-11-29(39)37-25-27(19-23-40(37)47)43-31-13-3-5-15-33(31)44(34-16-6-4-14-32(34)43)28-20-24-42-38(26-28)36-22-21-35-30-12-8-10-18-41(30)48-45(35)46(36)49-42/h3-26H,1-2H3. The van der Waals surface area contributed by atoms with Gasteiger partial charge in [-0.2, -0.15) is 0 Å². The van der Waals surface area contributed by atoms with E-state index in [-0.39, 0.29) is 5.41 Å². The molecule has 0 saturated carbocycles. The maximum Gasteiger partial charge on any atom is 0.178 e. The third-order valence-electron chi connectivity index (χ3n) is 11.1. The van der Waals surface area contributed by atoms with Crippen molar-refractivity contribution in [2.24, 2.45) is 0 Å². The van der Waals surface area contributed by atoms with E-state index in [1.807, 2.05) is 12.1 Å². The van der Waals surface area contributed by atoms with Gasteiger partial charge in [0.1, 0.15) is 11.2 Å². The molecule has 10 aromatic rings. The summed E-state index contributed by atoms with van der Waals surface area (Å²) in [6.45, 7) is 4.69. The summed E-state index contributed by atoms with van der Waals surface area (Å²) < 4.78 is 12.9. The van der Waals surface area contributed by atoms with Crippen LogP contribution in [-0.4, -0.2) is 0 Å². The highest BCUT2D eigenvalue weighted by molar-refractivity contribution is 6.23. The molecule has 1 aliphatic carbocycles. The van der Waals surface area contributed by atoms with E-state index in [0.717, 1.165) is 43.9 Å². The van der Waals surface area contributed by atoms with Crippen LogP contribution in [-0.2, 0) is 5.41 Å². The molecule has 230 valence electrons. The first-order valence-corrected chi connectivity index (χ1v) is 17.0. The van der Waals surface area contributed by atoms with Crippen LogP contribution in [0.1, 0.15) is 25.0 Å². The van der Waals surface area contributed by atoms with Crippen molar-refractivity contribution in [3.05, 3.63) is 157 Å². The Morgan fingerprint density at radius 1 is 0.367 bits per heavy atom. The van der Waals surface area contributed by atoms with Crippen LogP contribution in [0.3, 0.4) is 0 Å². The number of furan rings is 2. The van der Waals surface area contributed by atoms with Crippen LogP contribution in [0.5, 0.6) is 0 Å². The number of para-hydroxylation sites is 1. The number of hydrogen-bond acceptors (Lipinski definition) is 2. The number of benzene rings is 8. The smallest absolute Gasteiger partial charge is 0.178 e. The minimum Gasteiger partial charge on any atom is -0.452 e. The zero-order chi connectivity index (χ0) is 32.4. The Balaban J connectivity index is 1.17. The van der Waals surface area contributed by atoms with Crippen molar-refractivity contribution < 1.29 is 8.83 Å². The maximum absolute atomic E-state index is 6.52. The molecule has 0 spiro atoms. The van der Waals surface area contributed by atoms with Gasteiger partial charge in [0.15, 0.2) is 11.2 Å². The predicted octanol–water partition coefficient (Wildman–Crippen LogP) is 13.4. The highest BCUT2D eigenvalue weighted by Gasteiger charge is 2.35. The van der Waals surface area contributed by atoms with E-state index in [4.69, 9.17) is 8.83 Å². The van der Waals surface area contributed by atoms with Gasteiger partial charge in [0.05, 0.1) is 0 Å². The lowest BCUT2D eigenvalue weighted by Gasteiger charge is -2.22. The summed E-state index contributed by atoms with van der Waals surface area (Å²) in [4.78, 5) is 0. The Hall–Kier alpha value is -6.12. The first-order chi connectivity index (χ1) is 24.1. The van der Waals surface area contributed by atoms with E-state index in [2.05, 4.69) is 147 Å². The van der Waals surface area contributed by atoms with Gasteiger partial charge in [-0.15, -0.1) is 0 Å². The molecule has 11 rings (SSSR count). The lowest BCUT2D eigenvalue weighted by atomic mass is 9.81. The molecule has 1 aliphatic rings. The van der Waals surface area contributed by atoms with Crippen LogP contribution in [0.4, 0.5) is 0 Å². The van der Waals surface area contributed by atoms with Crippen molar-refractivity contribution in [1.29, 1.82) is 0 Å². The van der Waals surface area contributed by atoms with Crippen LogP contribution in [0.2, 0.25) is 0 Å². The van der Waals surface area contributed by atoms with Crippen LogP contribution in [0.25, 0.3) is 98.8 Å². The van der Waals surface area contributed by atoms with Gasteiger partial charge < -0.3 is 8.83 Å². The van der Waals surface area contributed by atoms with Gasteiger partial charge in [-0.05, 0) is 102 Å². The van der Waals surface area contributed by atoms with E-state index in [1.54, 1.807) is 0 Å². The minimum absolute atomic E-state index is 0.0233. The largest absolute Gasteiger partial charge is 0.452 e. The second-order valence-corrected chi connectivity index (χ2v) is 14.0.